The molecule has 2 heterocycles. The van der Waals surface area contributed by atoms with E-state index in [1.165, 1.54) is 41.0 Å². The Morgan fingerprint density at radius 3 is 2.39 bits per heavy atom. The first-order valence-corrected chi connectivity index (χ1v) is 14.7. The summed E-state index contributed by atoms with van der Waals surface area (Å²) in [6.07, 6.45) is 6.32. The smallest absolute Gasteiger partial charge is 0.267 e. The number of anilines is 1. The van der Waals surface area contributed by atoms with Gasteiger partial charge in [-0.3, -0.25) is 18.5 Å². The molecule has 0 radical (unpaired) electrons. The predicted molar refractivity (Wildman–Crippen MR) is 160 cm³/mol. The number of nitrogens with one attached hydrogen (secondary N) is 2. The molecule has 4 aromatic rings. The number of pyridine rings is 1. The lowest BCUT2D eigenvalue weighted by molar-refractivity contribution is 0.0790. The van der Waals surface area contributed by atoms with Gasteiger partial charge in [0.15, 0.2) is 0 Å². The van der Waals surface area contributed by atoms with Crippen LogP contribution < -0.4 is 16.2 Å². The van der Waals surface area contributed by atoms with Crippen LogP contribution in [-0.2, 0) is 19.0 Å². The summed E-state index contributed by atoms with van der Waals surface area (Å²) >= 11 is 0. The summed E-state index contributed by atoms with van der Waals surface area (Å²) in [4.78, 5) is 27.2. The van der Waals surface area contributed by atoms with Gasteiger partial charge in [0.05, 0.1) is 17.8 Å². The van der Waals surface area contributed by atoms with Crippen LogP contribution in [0.1, 0.15) is 66.8 Å². The van der Waals surface area contributed by atoms with Crippen molar-refractivity contribution in [3.63, 3.8) is 0 Å². The highest BCUT2D eigenvalue weighted by Crippen LogP contribution is 2.58. The molecule has 0 unspecified atom stereocenters. The molecule has 0 aliphatic heterocycles. The maximum absolute atomic E-state index is 15.2. The lowest BCUT2D eigenvalue weighted by atomic mass is 9.51. The Bertz CT molecular complexity index is 1770. The van der Waals surface area contributed by atoms with Gasteiger partial charge in [0.2, 0.25) is 0 Å². The van der Waals surface area contributed by atoms with Gasteiger partial charge in [-0.05, 0) is 84.7 Å². The Morgan fingerprint density at radius 2 is 1.77 bits per heavy atom. The first kappa shape index (κ1) is 29.8. The lowest BCUT2D eigenvalue weighted by Gasteiger charge is -2.52. The maximum Gasteiger partial charge on any atom is 0.267 e. The van der Waals surface area contributed by atoms with Crippen molar-refractivity contribution in [3.05, 3.63) is 106 Å². The SMILES string of the molecule is Cn1cnnc1C1(c2ccc(F)c(NC(=O)c3cc(CNCC4(CF)CC4)cn(-c4ccc(F)cc4)c3=O)c2)CC(C)(C)C1. The first-order valence-electron chi connectivity index (χ1n) is 14.7. The average molecular weight is 605 g/mol. The van der Waals surface area contributed by atoms with E-state index in [-0.39, 0.29) is 28.6 Å². The fraction of sp³-hybridized carbons (Fsp3) is 0.394. The highest BCUT2D eigenvalue weighted by molar-refractivity contribution is 6.04. The Hall–Kier alpha value is -4.25. The molecule has 2 aliphatic rings. The van der Waals surface area contributed by atoms with Gasteiger partial charge in [0, 0.05) is 37.4 Å². The molecule has 2 fully saturated rings. The number of nitrogens with zero attached hydrogens (tertiary/aromatic N) is 4. The number of carbonyl (C=O) groups excluding carboxylic acids is 1. The van der Waals surface area contributed by atoms with Gasteiger partial charge in [-0.15, -0.1) is 10.2 Å². The van der Waals surface area contributed by atoms with E-state index >= 15 is 4.39 Å². The van der Waals surface area contributed by atoms with Crippen LogP contribution in [-0.4, -0.2) is 38.5 Å². The molecular weight excluding hydrogens is 569 g/mol. The number of halogens is 3. The van der Waals surface area contributed by atoms with E-state index in [9.17, 15) is 18.4 Å². The molecular formula is C33H35F3N6O2. The van der Waals surface area contributed by atoms with E-state index < -0.39 is 35.2 Å². The standard InChI is InChI=1S/C33H35F3N6O2/c1-31(2)16-33(17-31,30-40-38-20-41(30)3)22-4-9-26(36)27(13-22)39-28(43)25-12-21(14-37-19-32(18-34)10-11-32)15-42(29(25)44)24-7-5-23(35)6-8-24/h4-9,12-13,15,20,37H,10-11,14,16-19H2,1-3H3,(H,39,43). The molecule has 230 valence electrons. The molecule has 2 aliphatic carbocycles. The van der Waals surface area contributed by atoms with Crippen LogP contribution in [0.3, 0.4) is 0 Å². The summed E-state index contributed by atoms with van der Waals surface area (Å²) in [5.74, 6) is -1.15. The number of hydrogen-bond acceptors (Lipinski definition) is 5. The number of aromatic nitrogens is 4. The van der Waals surface area contributed by atoms with E-state index in [0.717, 1.165) is 37.1 Å². The zero-order valence-corrected chi connectivity index (χ0v) is 25.0. The van der Waals surface area contributed by atoms with Crippen molar-refractivity contribution in [1.29, 1.82) is 0 Å². The number of carbonyl (C=O) groups is 1. The van der Waals surface area contributed by atoms with Crippen molar-refractivity contribution in [2.24, 2.45) is 17.9 Å². The predicted octanol–water partition coefficient (Wildman–Crippen LogP) is 5.44. The summed E-state index contributed by atoms with van der Waals surface area (Å²) in [6, 6.07) is 11.4. The zero-order valence-electron chi connectivity index (χ0n) is 25.0. The van der Waals surface area contributed by atoms with Crippen molar-refractivity contribution in [2.75, 3.05) is 18.5 Å². The van der Waals surface area contributed by atoms with Crippen LogP contribution in [0, 0.1) is 22.5 Å². The van der Waals surface area contributed by atoms with Crippen LogP contribution in [0.5, 0.6) is 0 Å². The number of hydrogen-bond donors (Lipinski definition) is 2. The van der Waals surface area contributed by atoms with Crippen molar-refractivity contribution in [1.82, 2.24) is 24.6 Å². The minimum absolute atomic E-state index is 0.0347. The second-order valence-corrected chi connectivity index (χ2v) is 13.2. The molecule has 2 aromatic carbocycles. The van der Waals surface area contributed by atoms with Gasteiger partial charge < -0.3 is 15.2 Å². The minimum atomic E-state index is -0.784. The number of rotatable bonds is 10. The number of alkyl halides is 1. The number of amides is 1. The quantitative estimate of drug-likeness (QED) is 0.252. The maximum atomic E-state index is 15.2. The third-order valence-corrected chi connectivity index (χ3v) is 8.96. The highest BCUT2D eigenvalue weighted by atomic mass is 19.1. The molecule has 44 heavy (non-hydrogen) atoms. The largest absolute Gasteiger partial charge is 0.320 e. The third-order valence-electron chi connectivity index (χ3n) is 8.96. The molecule has 2 aromatic heterocycles. The molecule has 8 nitrogen and oxygen atoms in total. The molecule has 0 spiro atoms. The van der Waals surface area contributed by atoms with E-state index in [1.807, 2.05) is 11.6 Å². The van der Waals surface area contributed by atoms with Crippen molar-refractivity contribution in [2.45, 2.75) is 51.5 Å². The van der Waals surface area contributed by atoms with Crippen LogP contribution >= 0.6 is 0 Å². The lowest BCUT2D eigenvalue weighted by Crippen LogP contribution is -2.49. The summed E-state index contributed by atoms with van der Waals surface area (Å²) < 4.78 is 45.4. The van der Waals surface area contributed by atoms with Crippen molar-refractivity contribution >= 4 is 11.6 Å². The highest BCUT2D eigenvalue weighted by Gasteiger charge is 2.54. The molecule has 1 amide bonds. The Kier molecular flexibility index (Phi) is 7.47. The van der Waals surface area contributed by atoms with Crippen LogP contribution in [0.15, 0.2) is 65.8 Å². The third kappa shape index (κ3) is 5.56. The van der Waals surface area contributed by atoms with Gasteiger partial charge in [-0.25, -0.2) is 8.78 Å². The topological polar surface area (TPSA) is 93.8 Å². The summed E-state index contributed by atoms with van der Waals surface area (Å²) in [7, 11) is 1.87. The molecule has 0 saturated heterocycles. The van der Waals surface area contributed by atoms with E-state index in [4.69, 9.17) is 0 Å². The first-order chi connectivity index (χ1) is 20.9. The monoisotopic (exact) mass is 604 g/mol. The Balaban J connectivity index is 1.33. The van der Waals surface area contributed by atoms with E-state index in [1.54, 1.807) is 24.7 Å². The van der Waals surface area contributed by atoms with Gasteiger partial charge in [-0.1, -0.05) is 19.9 Å². The van der Waals surface area contributed by atoms with Crippen LogP contribution in [0.4, 0.5) is 18.9 Å². The van der Waals surface area contributed by atoms with Crippen molar-refractivity contribution in [3.8, 4) is 5.69 Å². The molecule has 0 atom stereocenters. The Morgan fingerprint density at radius 1 is 1.05 bits per heavy atom. The summed E-state index contributed by atoms with van der Waals surface area (Å²) in [5, 5.41) is 14.3. The summed E-state index contributed by atoms with van der Waals surface area (Å²) in [5.41, 5.74) is -0.0182. The van der Waals surface area contributed by atoms with Crippen molar-refractivity contribution < 1.29 is 18.0 Å². The molecule has 2 N–H and O–H groups in total. The summed E-state index contributed by atoms with van der Waals surface area (Å²) in [6.45, 7) is 4.63. The second kappa shape index (κ2) is 11.0. The molecule has 6 rings (SSSR count). The normalized spacial score (nSPS) is 17.6. The molecule has 11 heteroatoms. The van der Waals surface area contributed by atoms with Gasteiger partial charge >= 0.3 is 0 Å². The van der Waals surface area contributed by atoms with Gasteiger partial charge in [-0.2, -0.15) is 0 Å². The second-order valence-electron chi connectivity index (χ2n) is 13.2. The van der Waals surface area contributed by atoms with Crippen LogP contribution in [0.25, 0.3) is 5.69 Å². The molecule has 0 bridgehead atoms. The fourth-order valence-corrected chi connectivity index (χ4v) is 6.60. The molecule has 2 saturated carbocycles. The van der Waals surface area contributed by atoms with E-state index in [0.29, 0.717) is 17.8 Å². The minimum Gasteiger partial charge on any atom is -0.320 e. The van der Waals surface area contributed by atoms with Gasteiger partial charge in [0.25, 0.3) is 11.5 Å². The van der Waals surface area contributed by atoms with Gasteiger partial charge in [0.1, 0.15) is 29.3 Å². The fourth-order valence-electron chi connectivity index (χ4n) is 6.60. The average Bonchev–Trinajstić information content (AvgIpc) is 3.63. The number of aryl methyl sites for hydroxylation is 1. The Labute approximate surface area is 253 Å². The van der Waals surface area contributed by atoms with E-state index in [2.05, 4.69) is 34.7 Å². The van der Waals surface area contributed by atoms with Crippen LogP contribution in [0.2, 0.25) is 0 Å². The number of benzene rings is 2. The zero-order chi connectivity index (χ0) is 31.3.